The van der Waals surface area contributed by atoms with Crippen molar-refractivity contribution in [3.8, 4) is 0 Å². The van der Waals surface area contributed by atoms with E-state index in [1.807, 2.05) is 6.92 Å². The van der Waals surface area contributed by atoms with E-state index in [0.29, 0.717) is 15.6 Å². The molecule has 0 bridgehead atoms. The smallest absolute Gasteiger partial charge is 0.273 e. The SMILES string of the molecule is CC1OC(C)(C)OC(O)O[C@H]1n1cnc2cc(Cl)c(Cl)cc21. The van der Waals surface area contributed by atoms with Gasteiger partial charge in [-0.05, 0) is 32.9 Å². The molecule has 1 aromatic carbocycles. The van der Waals surface area contributed by atoms with Gasteiger partial charge in [-0.3, -0.25) is 4.74 Å². The highest BCUT2D eigenvalue weighted by molar-refractivity contribution is 6.42. The van der Waals surface area contributed by atoms with Crippen molar-refractivity contribution in [3.05, 3.63) is 28.5 Å². The molecule has 1 fully saturated rings. The van der Waals surface area contributed by atoms with Crippen molar-refractivity contribution in [2.45, 2.75) is 45.4 Å². The molecule has 0 aliphatic carbocycles. The van der Waals surface area contributed by atoms with Crippen molar-refractivity contribution < 1.29 is 19.3 Å². The number of hydrogen-bond acceptors (Lipinski definition) is 5. The van der Waals surface area contributed by atoms with Crippen LogP contribution in [-0.2, 0) is 14.2 Å². The van der Waals surface area contributed by atoms with Gasteiger partial charge < -0.3 is 19.1 Å². The monoisotopic (exact) mass is 346 g/mol. The van der Waals surface area contributed by atoms with Crippen LogP contribution in [0.25, 0.3) is 11.0 Å². The minimum Gasteiger partial charge on any atom is -0.346 e. The molecule has 22 heavy (non-hydrogen) atoms. The summed E-state index contributed by atoms with van der Waals surface area (Å²) in [6.07, 6.45) is 0.574. The Kier molecular flexibility index (Phi) is 4.09. The fourth-order valence-electron chi connectivity index (χ4n) is 2.55. The summed E-state index contributed by atoms with van der Waals surface area (Å²) in [4.78, 5) is 4.28. The summed E-state index contributed by atoms with van der Waals surface area (Å²) in [5.74, 6) is -0.967. The normalized spacial score (nSPS) is 28.7. The first-order valence-corrected chi connectivity index (χ1v) is 7.53. The van der Waals surface area contributed by atoms with Crippen LogP contribution in [0.15, 0.2) is 18.5 Å². The summed E-state index contributed by atoms with van der Waals surface area (Å²) in [6, 6.07) is 3.38. The molecule has 120 valence electrons. The number of benzene rings is 1. The Hall–Kier alpha value is -0.890. The zero-order valence-corrected chi connectivity index (χ0v) is 13.8. The van der Waals surface area contributed by atoms with E-state index in [0.717, 1.165) is 5.52 Å². The molecule has 1 saturated heterocycles. The molecule has 6 nitrogen and oxygen atoms in total. The summed E-state index contributed by atoms with van der Waals surface area (Å²) >= 11 is 12.1. The molecule has 1 N–H and O–H groups in total. The average molecular weight is 347 g/mol. The number of aliphatic hydroxyl groups excluding tert-OH is 1. The number of fused-ring (bicyclic) bond motifs is 1. The van der Waals surface area contributed by atoms with E-state index in [9.17, 15) is 5.11 Å². The lowest BCUT2D eigenvalue weighted by Gasteiger charge is -2.27. The van der Waals surface area contributed by atoms with Gasteiger partial charge in [0.1, 0.15) is 6.10 Å². The van der Waals surface area contributed by atoms with Gasteiger partial charge in [0.05, 0.1) is 27.4 Å². The summed E-state index contributed by atoms with van der Waals surface area (Å²) < 4.78 is 18.3. The third-order valence-corrected chi connectivity index (χ3v) is 4.12. The number of ether oxygens (including phenoxy) is 3. The van der Waals surface area contributed by atoms with E-state index in [-0.39, 0.29) is 6.10 Å². The molecule has 0 amide bonds. The first-order valence-electron chi connectivity index (χ1n) is 6.77. The molecule has 1 aliphatic heterocycles. The Balaban J connectivity index is 2.04. The van der Waals surface area contributed by atoms with Crippen molar-refractivity contribution in [1.82, 2.24) is 9.55 Å². The molecular weight excluding hydrogens is 331 g/mol. The first kappa shape index (κ1) is 16.0. The molecule has 0 radical (unpaired) electrons. The quantitative estimate of drug-likeness (QED) is 0.857. The summed E-state index contributed by atoms with van der Waals surface area (Å²) in [7, 11) is 0. The van der Waals surface area contributed by atoms with Crippen LogP contribution < -0.4 is 0 Å². The zero-order chi connectivity index (χ0) is 16.1. The van der Waals surface area contributed by atoms with Crippen LogP contribution in [0, 0.1) is 0 Å². The number of halogens is 2. The fourth-order valence-corrected chi connectivity index (χ4v) is 2.87. The summed E-state index contributed by atoms with van der Waals surface area (Å²) in [5, 5.41) is 10.7. The topological polar surface area (TPSA) is 65.7 Å². The summed E-state index contributed by atoms with van der Waals surface area (Å²) in [6.45, 7) is 3.84. The van der Waals surface area contributed by atoms with Gasteiger partial charge in [0.25, 0.3) is 6.48 Å². The third kappa shape index (κ3) is 2.95. The van der Waals surface area contributed by atoms with Crippen LogP contribution in [-0.4, -0.2) is 33.0 Å². The maximum Gasteiger partial charge on any atom is 0.273 e. The Labute approximate surface area is 137 Å². The van der Waals surface area contributed by atoms with E-state index in [4.69, 9.17) is 37.4 Å². The number of aliphatic hydroxyl groups is 1. The zero-order valence-electron chi connectivity index (χ0n) is 12.3. The number of imidazole rings is 1. The van der Waals surface area contributed by atoms with Crippen molar-refractivity contribution in [3.63, 3.8) is 0 Å². The Bertz CT molecular complexity index is 703. The van der Waals surface area contributed by atoms with Crippen molar-refractivity contribution >= 4 is 34.2 Å². The highest BCUT2D eigenvalue weighted by atomic mass is 35.5. The standard InChI is InChI=1S/C14H16Cl2N2O4/c1-7-12(20-13(19)22-14(2,3)21-7)18-6-17-10-4-8(15)9(16)5-11(10)18/h4-7,12-13,19H,1-3H3/t7?,12-,13?/m1/s1. The number of nitrogens with zero attached hydrogens (tertiary/aromatic N) is 2. The highest BCUT2D eigenvalue weighted by Gasteiger charge is 2.37. The molecular formula is C14H16Cl2N2O4. The third-order valence-electron chi connectivity index (χ3n) is 3.40. The Morgan fingerprint density at radius 2 is 1.91 bits per heavy atom. The van der Waals surface area contributed by atoms with Gasteiger partial charge in [-0.25, -0.2) is 4.98 Å². The number of aromatic nitrogens is 2. The van der Waals surface area contributed by atoms with Crippen molar-refractivity contribution in [2.24, 2.45) is 0 Å². The molecule has 2 heterocycles. The predicted octanol–water partition coefficient (Wildman–Crippen LogP) is 3.31. The van der Waals surface area contributed by atoms with E-state index in [2.05, 4.69) is 4.98 Å². The van der Waals surface area contributed by atoms with E-state index >= 15 is 0 Å². The lowest BCUT2D eigenvalue weighted by atomic mass is 10.2. The second-order valence-electron chi connectivity index (χ2n) is 5.58. The lowest BCUT2D eigenvalue weighted by molar-refractivity contribution is -0.337. The largest absolute Gasteiger partial charge is 0.346 e. The second-order valence-corrected chi connectivity index (χ2v) is 6.40. The molecule has 3 atom stereocenters. The van der Waals surface area contributed by atoms with E-state index < -0.39 is 18.5 Å². The Morgan fingerprint density at radius 3 is 2.64 bits per heavy atom. The fraction of sp³-hybridized carbons (Fsp3) is 0.500. The van der Waals surface area contributed by atoms with Gasteiger partial charge in [0.15, 0.2) is 12.0 Å². The van der Waals surface area contributed by atoms with Crippen LogP contribution >= 0.6 is 23.2 Å². The number of hydrogen-bond donors (Lipinski definition) is 1. The maximum absolute atomic E-state index is 9.88. The van der Waals surface area contributed by atoms with Gasteiger partial charge in [0, 0.05) is 0 Å². The highest BCUT2D eigenvalue weighted by Crippen LogP contribution is 2.33. The maximum atomic E-state index is 9.88. The van der Waals surface area contributed by atoms with Gasteiger partial charge in [-0.1, -0.05) is 23.2 Å². The van der Waals surface area contributed by atoms with Gasteiger partial charge >= 0.3 is 0 Å². The first-order chi connectivity index (χ1) is 10.3. The lowest BCUT2D eigenvalue weighted by Crippen LogP contribution is -2.33. The minimum absolute atomic E-state index is 0.390. The van der Waals surface area contributed by atoms with Crippen LogP contribution in [0.1, 0.15) is 27.0 Å². The molecule has 3 rings (SSSR count). The molecule has 2 aromatic rings. The molecule has 2 unspecified atom stereocenters. The molecule has 0 saturated carbocycles. The second kappa shape index (κ2) is 5.63. The molecule has 8 heteroatoms. The average Bonchev–Trinajstić information content (AvgIpc) is 2.73. The molecule has 1 aromatic heterocycles. The Morgan fingerprint density at radius 1 is 1.23 bits per heavy atom. The summed E-state index contributed by atoms with van der Waals surface area (Å²) in [5.41, 5.74) is 1.39. The van der Waals surface area contributed by atoms with Gasteiger partial charge in [-0.2, -0.15) is 0 Å². The van der Waals surface area contributed by atoms with Crippen molar-refractivity contribution in [1.29, 1.82) is 0 Å². The molecule has 1 aliphatic rings. The van der Waals surface area contributed by atoms with Gasteiger partial charge in [0.2, 0.25) is 0 Å². The van der Waals surface area contributed by atoms with Crippen LogP contribution in [0.2, 0.25) is 10.0 Å². The predicted molar refractivity (Wildman–Crippen MR) is 81.6 cm³/mol. The van der Waals surface area contributed by atoms with Crippen LogP contribution in [0.4, 0.5) is 0 Å². The van der Waals surface area contributed by atoms with E-state index in [1.165, 1.54) is 0 Å². The van der Waals surface area contributed by atoms with E-state index in [1.54, 1.807) is 36.9 Å². The van der Waals surface area contributed by atoms with Crippen LogP contribution in [0.5, 0.6) is 0 Å². The molecule has 0 spiro atoms. The van der Waals surface area contributed by atoms with Crippen molar-refractivity contribution in [2.75, 3.05) is 0 Å². The minimum atomic E-state index is -1.41. The van der Waals surface area contributed by atoms with Crippen LogP contribution in [0.3, 0.4) is 0 Å². The van der Waals surface area contributed by atoms with Gasteiger partial charge in [-0.15, -0.1) is 0 Å². The number of rotatable bonds is 1.